The number of carbonyl (C=O) groups excluding carboxylic acids is 1. The first-order valence-electron chi connectivity index (χ1n) is 8.20. The van der Waals surface area contributed by atoms with E-state index in [1.807, 2.05) is 56.3 Å². The number of thioether (sulfide) groups is 1. The van der Waals surface area contributed by atoms with E-state index < -0.39 is 0 Å². The summed E-state index contributed by atoms with van der Waals surface area (Å²) in [5.74, 6) is 1.12. The lowest BCUT2D eigenvalue weighted by atomic mass is 10.2. The average Bonchev–Trinajstić information content (AvgIpc) is 3.11. The summed E-state index contributed by atoms with van der Waals surface area (Å²) in [6.45, 7) is 4.18. The van der Waals surface area contributed by atoms with E-state index in [9.17, 15) is 4.79 Å². The van der Waals surface area contributed by atoms with Gasteiger partial charge in [-0.25, -0.2) is 0 Å². The number of ether oxygens (including phenoxy) is 1. The van der Waals surface area contributed by atoms with Crippen LogP contribution >= 0.6 is 27.7 Å². The lowest BCUT2D eigenvalue weighted by molar-refractivity contribution is -0.113. The van der Waals surface area contributed by atoms with Crippen LogP contribution in [0.5, 0.6) is 5.75 Å². The number of halogens is 1. The second-order valence-electron chi connectivity index (χ2n) is 5.86. The van der Waals surface area contributed by atoms with Crippen molar-refractivity contribution in [2.75, 3.05) is 11.1 Å². The Morgan fingerprint density at radius 3 is 2.70 bits per heavy atom. The van der Waals surface area contributed by atoms with Gasteiger partial charge in [-0.3, -0.25) is 4.79 Å². The number of nitrogens with one attached hydrogen (secondary N) is 1. The first-order chi connectivity index (χ1) is 13.0. The van der Waals surface area contributed by atoms with Gasteiger partial charge >= 0.3 is 0 Å². The number of benzene rings is 2. The molecule has 27 heavy (non-hydrogen) atoms. The van der Waals surface area contributed by atoms with Crippen LogP contribution in [0.25, 0.3) is 0 Å². The zero-order valence-corrected chi connectivity index (χ0v) is 17.3. The van der Waals surface area contributed by atoms with Gasteiger partial charge in [0.15, 0.2) is 6.61 Å². The van der Waals surface area contributed by atoms with Crippen molar-refractivity contribution < 1.29 is 13.9 Å². The summed E-state index contributed by atoms with van der Waals surface area (Å²) in [6, 6.07) is 13.4. The molecule has 8 heteroatoms. The van der Waals surface area contributed by atoms with Gasteiger partial charge in [0, 0.05) is 10.2 Å². The number of hydrogen-bond donors (Lipinski definition) is 1. The van der Waals surface area contributed by atoms with E-state index >= 15 is 0 Å². The number of amides is 1. The molecule has 0 atom stereocenters. The van der Waals surface area contributed by atoms with Gasteiger partial charge in [-0.1, -0.05) is 51.5 Å². The largest absolute Gasteiger partial charge is 0.484 e. The van der Waals surface area contributed by atoms with Gasteiger partial charge in [-0.05, 0) is 43.7 Å². The van der Waals surface area contributed by atoms with Crippen molar-refractivity contribution in [3.63, 3.8) is 0 Å². The molecule has 0 spiro atoms. The highest BCUT2D eigenvalue weighted by Crippen LogP contribution is 2.22. The van der Waals surface area contributed by atoms with Gasteiger partial charge in [0.25, 0.3) is 11.1 Å². The normalized spacial score (nSPS) is 10.6. The van der Waals surface area contributed by atoms with E-state index in [1.54, 1.807) is 0 Å². The zero-order chi connectivity index (χ0) is 19.2. The van der Waals surface area contributed by atoms with Crippen molar-refractivity contribution in [1.29, 1.82) is 0 Å². The molecule has 0 unspecified atom stereocenters. The maximum atomic E-state index is 12.1. The quantitative estimate of drug-likeness (QED) is 0.526. The van der Waals surface area contributed by atoms with Crippen molar-refractivity contribution >= 4 is 39.3 Å². The van der Waals surface area contributed by atoms with E-state index in [1.165, 1.54) is 11.8 Å². The van der Waals surface area contributed by atoms with E-state index in [-0.39, 0.29) is 18.3 Å². The molecule has 0 fully saturated rings. The molecule has 1 aromatic heterocycles. The molecule has 1 amide bonds. The topological polar surface area (TPSA) is 77.2 Å². The lowest BCUT2D eigenvalue weighted by Crippen LogP contribution is -2.14. The zero-order valence-electron chi connectivity index (χ0n) is 14.9. The van der Waals surface area contributed by atoms with E-state index in [2.05, 4.69) is 31.4 Å². The highest BCUT2D eigenvalue weighted by molar-refractivity contribution is 9.10. The van der Waals surface area contributed by atoms with E-state index in [0.29, 0.717) is 11.1 Å². The molecule has 0 radical (unpaired) electrons. The van der Waals surface area contributed by atoms with Gasteiger partial charge in [0.1, 0.15) is 5.75 Å². The van der Waals surface area contributed by atoms with Crippen LogP contribution in [-0.2, 0) is 11.4 Å². The van der Waals surface area contributed by atoms with Gasteiger partial charge < -0.3 is 14.5 Å². The molecule has 0 aliphatic heterocycles. The Labute approximate surface area is 169 Å². The molecule has 140 valence electrons. The minimum atomic E-state index is -0.147. The maximum Gasteiger partial charge on any atom is 0.277 e. The van der Waals surface area contributed by atoms with Crippen LogP contribution in [-0.4, -0.2) is 21.9 Å². The van der Waals surface area contributed by atoms with Crippen LogP contribution in [0.2, 0.25) is 0 Å². The Morgan fingerprint density at radius 2 is 1.96 bits per heavy atom. The molecular formula is C19H18BrN3O3S. The molecule has 3 rings (SSSR count). The Morgan fingerprint density at radius 1 is 1.19 bits per heavy atom. The SMILES string of the molecule is Cc1ccc(OCc2nnc(SCC(=O)Nc3ccc(C)c(Br)c3)o2)cc1. The van der Waals surface area contributed by atoms with Crippen LogP contribution in [0, 0.1) is 13.8 Å². The second kappa shape index (κ2) is 9.05. The van der Waals surface area contributed by atoms with Gasteiger partial charge in [0.2, 0.25) is 5.91 Å². The Kier molecular flexibility index (Phi) is 6.52. The van der Waals surface area contributed by atoms with Crippen LogP contribution < -0.4 is 10.1 Å². The molecule has 0 aliphatic rings. The van der Waals surface area contributed by atoms with Crippen molar-refractivity contribution in [2.45, 2.75) is 25.7 Å². The molecule has 1 heterocycles. The summed E-state index contributed by atoms with van der Waals surface area (Å²) in [7, 11) is 0. The highest BCUT2D eigenvalue weighted by Gasteiger charge is 2.11. The fraction of sp³-hybridized carbons (Fsp3) is 0.211. The van der Waals surface area contributed by atoms with Gasteiger partial charge in [0.05, 0.1) is 5.75 Å². The Balaban J connectivity index is 1.46. The third-order valence-electron chi connectivity index (χ3n) is 3.61. The molecule has 1 N–H and O–H groups in total. The number of anilines is 1. The molecule has 3 aromatic rings. The van der Waals surface area contributed by atoms with Crippen LogP contribution in [0.1, 0.15) is 17.0 Å². The monoisotopic (exact) mass is 447 g/mol. The van der Waals surface area contributed by atoms with Crippen LogP contribution in [0.4, 0.5) is 5.69 Å². The highest BCUT2D eigenvalue weighted by atomic mass is 79.9. The van der Waals surface area contributed by atoms with E-state index in [4.69, 9.17) is 9.15 Å². The summed E-state index contributed by atoms with van der Waals surface area (Å²) in [6.07, 6.45) is 0. The van der Waals surface area contributed by atoms with Gasteiger partial charge in [-0.2, -0.15) is 0 Å². The third-order valence-corrected chi connectivity index (χ3v) is 5.29. The standard InChI is InChI=1S/C19H18BrN3O3S/c1-12-3-7-15(8-4-12)25-10-18-22-23-19(26-18)27-11-17(24)21-14-6-5-13(2)16(20)9-14/h3-9H,10-11H2,1-2H3,(H,21,24). The number of aromatic nitrogens is 2. The number of carbonyl (C=O) groups is 1. The first kappa shape index (κ1) is 19.4. The van der Waals surface area contributed by atoms with Crippen molar-refractivity contribution in [3.05, 3.63) is 64.0 Å². The summed E-state index contributed by atoms with van der Waals surface area (Å²) >= 11 is 4.63. The second-order valence-corrected chi connectivity index (χ2v) is 7.65. The predicted octanol–water partition coefficient (Wildman–Crippen LogP) is 4.76. The smallest absolute Gasteiger partial charge is 0.277 e. The molecule has 0 bridgehead atoms. The summed E-state index contributed by atoms with van der Waals surface area (Å²) < 4.78 is 12.0. The minimum absolute atomic E-state index is 0.147. The molecular weight excluding hydrogens is 430 g/mol. The number of hydrogen-bond acceptors (Lipinski definition) is 6. The molecule has 2 aromatic carbocycles. The summed E-state index contributed by atoms with van der Waals surface area (Å²) in [4.78, 5) is 12.1. The van der Waals surface area contributed by atoms with Crippen molar-refractivity contribution in [3.8, 4) is 5.75 Å². The number of aryl methyl sites for hydroxylation is 2. The summed E-state index contributed by atoms with van der Waals surface area (Å²) in [5, 5.41) is 11.0. The third kappa shape index (κ3) is 5.83. The maximum absolute atomic E-state index is 12.1. The van der Waals surface area contributed by atoms with Gasteiger partial charge in [-0.15, -0.1) is 10.2 Å². The first-order valence-corrected chi connectivity index (χ1v) is 9.98. The Bertz CT molecular complexity index is 928. The van der Waals surface area contributed by atoms with Crippen LogP contribution in [0.15, 0.2) is 56.6 Å². The number of rotatable bonds is 7. The van der Waals surface area contributed by atoms with Crippen LogP contribution in [0.3, 0.4) is 0 Å². The fourth-order valence-electron chi connectivity index (χ4n) is 2.13. The number of nitrogens with zero attached hydrogens (tertiary/aromatic N) is 2. The average molecular weight is 448 g/mol. The molecule has 0 saturated heterocycles. The van der Waals surface area contributed by atoms with Crippen molar-refractivity contribution in [2.24, 2.45) is 0 Å². The summed E-state index contributed by atoms with van der Waals surface area (Å²) in [5.41, 5.74) is 3.00. The Hall–Kier alpha value is -2.32. The minimum Gasteiger partial charge on any atom is -0.484 e. The molecule has 6 nitrogen and oxygen atoms in total. The predicted molar refractivity (Wildman–Crippen MR) is 108 cm³/mol. The molecule has 0 saturated carbocycles. The lowest BCUT2D eigenvalue weighted by Gasteiger charge is -2.06. The molecule has 0 aliphatic carbocycles. The van der Waals surface area contributed by atoms with Crippen molar-refractivity contribution in [1.82, 2.24) is 10.2 Å². The van der Waals surface area contributed by atoms with E-state index in [0.717, 1.165) is 27.0 Å². The fourth-order valence-corrected chi connectivity index (χ4v) is 3.09.